The Hall–Kier alpha value is -3.81. The van der Waals surface area contributed by atoms with Crippen LogP contribution in [-0.2, 0) is 9.53 Å². The zero-order valence-corrected chi connectivity index (χ0v) is 14.3. The molecule has 0 radical (unpaired) electrons. The van der Waals surface area contributed by atoms with Crippen molar-refractivity contribution in [3.8, 4) is 5.75 Å². The second-order valence-corrected chi connectivity index (χ2v) is 5.44. The molecule has 1 aromatic heterocycles. The predicted octanol–water partition coefficient (Wildman–Crippen LogP) is 1.75. The van der Waals surface area contributed by atoms with Gasteiger partial charge in [-0.05, 0) is 42.5 Å². The molecular weight excluding hydrogens is 350 g/mol. The van der Waals surface area contributed by atoms with Crippen molar-refractivity contribution in [2.45, 2.75) is 0 Å². The first-order chi connectivity index (χ1) is 13.1. The Morgan fingerprint density at radius 3 is 2.30 bits per heavy atom. The average molecular weight is 365 g/mol. The van der Waals surface area contributed by atoms with E-state index in [-0.39, 0.29) is 11.1 Å². The molecule has 0 aliphatic heterocycles. The van der Waals surface area contributed by atoms with Crippen LogP contribution in [0.1, 0.15) is 20.7 Å². The van der Waals surface area contributed by atoms with Gasteiger partial charge < -0.3 is 9.47 Å². The van der Waals surface area contributed by atoms with Crippen LogP contribution < -0.4 is 10.1 Å². The molecule has 0 aliphatic rings. The number of aromatic nitrogens is 2. The molecule has 27 heavy (non-hydrogen) atoms. The van der Waals surface area contributed by atoms with Crippen molar-refractivity contribution < 1.29 is 23.9 Å². The van der Waals surface area contributed by atoms with E-state index in [0.717, 1.165) is 0 Å². The van der Waals surface area contributed by atoms with Gasteiger partial charge in [-0.15, -0.1) is 0 Å². The third kappa shape index (κ3) is 4.43. The molecule has 0 bridgehead atoms. The largest absolute Gasteiger partial charge is 0.497 e. The summed E-state index contributed by atoms with van der Waals surface area (Å²) in [7, 11) is 1.51. The van der Waals surface area contributed by atoms with Crippen LogP contribution in [0.3, 0.4) is 0 Å². The number of imide groups is 1. The highest BCUT2D eigenvalue weighted by Gasteiger charge is 2.14. The second-order valence-electron chi connectivity index (χ2n) is 5.44. The summed E-state index contributed by atoms with van der Waals surface area (Å²) < 4.78 is 9.94. The highest BCUT2D eigenvalue weighted by atomic mass is 16.5. The molecule has 0 atom stereocenters. The summed E-state index contributed by atoms with van der Waals surface area (Å²) in [6, 6.07) is 10.9. The van der Waals surface area contributed by atoms with Crippen LogP contribution in [0, 0.1) is 0 Å². The lowest BCUT2D eigenvalue weighted by Crippen LogP contribution is -2.34. The normalized spacial score (nSPS) is 10.3. The van der Waals surface area contributed by atoms with Gasteiger partial charge in [0.2, 0.25) is 0 Å². The first kappa shape index (κ1) is 18.0. The number of nitrogens with zero attached hydrogens (tertiary/aromatic N) is 2. The summed E-state index contributed by atoms with van der Waals surface area (Å²) in [6.45, 7) is -0.584. The van der Waals surface area contributed by atoms with E-state index in [2.05, 4.69) is 15.3 Å². The average Bonchev–Trinajstić information content (AvgIpc) is 2.71. The molecule has 0 aliphatic carbocycles. The third-order valence-corrected chi connectivity index (χ3v) is 3.64. The van der Waals surface area contributed by atoms with Gasteiger partial charge >= 0.3 is 5.97 Å². The van der Waals surface area contributed by atoms with E-state index < -0.39 is 24.4 Å². The molecule has 0 fully saturated rings. The van der Waals surface area contributed by atoms with E-state index >= 15 is 0 Å². The molecule has 2 aromatic carbocycles. The van der Waals surface area contributed by atoms with Gasteiger partial charge in [0.25, 0.3) is 11.8 Å². The lowest BCUT2D eigenvalue weighted by Gasteiger charge is -2.07. The van der Waals surface area contributed by atoms with Crippen molar-refractivity contribution in [1.29, 1.82) is 0 Å². The monoisotopic (exact) mass is 365 g/mol. The standard InChI is InChI=1S/C19H15N3O5/c1-26-14-5-2-12(3-6-14)18(24)22-17(23)11-27-19(25)13-4-7-15-16(10-13)21-9-8-20-15/h2-10H,11H2,1H3,(H,22,23,24). The smallest absolute Gasteiger partial charge is 0.338 e. The molecule has 1 heterocycles. The third-order valence-electron chi connectivity index (χ3n) is 3.64. The summed E-state index contributed by atoms with van der Waals surface area (Å²) in [4.78, 5) is 44.1. The number of fused-ring (bicyclic) bond motifs is 1. The first-order valence-electron chi connectivity index (χ1n) is 7.93. The Labute approximate surface area is 154 Å². The molecule has 8 nitrogen and oxygen atoms in total. The van der Waals surface area contributed by atoms with E-state index in [4.69, 9.17) is 9.47 Å². The van der Waals surface area contributed by atoms with Crippen molar-refractivity contribution in [3.05, 3.63) is 66.0 Å². The first-order valence-corrected chi connectivity index (χ1v) is 7.93. The van der Waals surface area contributed by atoms with Gasteiger partial charge in [0.1, 0.15) is 5.75 Å². The van der Waals surface area contributed by atoms with Gasteiger partial charge in [-0.3, -0.25) is 24.9 Å². The van der Waals surface area contributed by atoms with E-state index in [0.29, 0.717) is 16.8 Å². The number of carbonyl (C=O) groups is 3. The number of rotatable bonds is 5. The Morgan fingerprint density at radius 2 is 1.59 bits per heavy atom. The number of esters is 1. The SMILES string of the molecule is COc1ccc(C(=O)NC(=O)COC(=O)c2ccc3nccnc3c2)cc1. The van der Waals surface area contributed by atoms with Crippen LogP contribution in [0.2, 0.25) is 0 Å². The number of benzene rings is 2. The van der Waals surface area contributed by atoms with Gasteiger partial charge in [0, 0.05) is 18.0 Å². The molecule has 3 rings (SSSR count). The molecule has 2 amide bonds. The summed E-state index contributed by atoms with van der Waals surface area (Å²) in [5.41, 5.74) is 1.68. The van der Waals surface area contributed by atoms with Crippen LogP contribution >= 0.6 is 0 Å². The number of amides is 2. The maximum absolute atomic E-state index is 12.1. The minimum absolute atomic E-state index is 0.234. The van der Waals surface area contributed by atoms with Crippen molar-refractivity contribution in [1.82, 2.24) is 15.3 Å². The van der Waals surface area contributed by atoms with Crippen LogP contribution in [0.4, 0.5) is 0 Å². The fourth-order valence-corrected chi connectivity index (χ4v) is 2.28. The van der Waals surface area contributed by atoms with Gasteiger partial charge in [0.15, 0.2) is 6.61 Å². The Kier molecular flexibility index (Phi) is 5.36. The van der Waals surface area contributed by atoms with Crippen LogP contribution in [0.25, 0.3) is 11.0 Å². The minimum Gasteiger partial charge on any atom is -0.497 e. The molecule has 0 saturated heterocycles. The van der Waals surface area contributed by atoms with Crippen LogP contribution in [0.5, 0.6) is 5.75 Å². The van der Waals surface area contributed by atoms with Crippen molar-refractivity contribution in [2.24, 2.45) is 0 Å². The highest BCUT2D eigenvalue weighted by Crippen LogP contribution is 2.12. The Morgan fingerprint density at radius 1 is 0.926 bits per heavy atom. The summed E-state index contributed by atoms with van der Waals surface area (Å²) in [5.74, 6) is -1.44. The minimum atomic E-state index is -0.732. The van der Waals surface area contributed by atoms with Gasteiger partial charge in [-0.25, -0.2) is 4.79 Å². The fraction of sp³-hybridized carbons (Fsp3) is 0.105. The van der Waals surface area contributed by atoms with Crippen LogP contribution in [0.15, 0.2) is 54.9 Å². The number of methoxy groups -OCH3 is 1. The molecule has 136 valence electrons. The molecule has 8 heteroatoms. The highest BCUT2D eigenvalue weighted by molar-refractivity contribution is 6.05. The number of nitrogens with one attached hydrogen (secondary N) is 1. The van der Waals surface area contributed by atoms with Crippen LogP contribution in [-0.4, -0.2) is 41.5 Å². The fourth-order valence-electron chi connectivity index (χ4n) is 2.28. The van der Waals surface area contributed by atoms with Gasteiger partial charge in [0.05, 0.1) is 23.7 Å². The molecule has 1 N–H and O–H groups in total. The van der Waals surface area contributed by atoms with E-state index in [1.54, 1.807) is 24.4 Å². The lowest BCUT2D eigenvalue weighted by molar-refractivity contribution is -0.123. The van der Waals surface area contributed by atoms with E-state index in [1.807, 2.05) is 0 Å². The zero-order valence-electron chi connectivity index (χ0n) is 14.3. The molecule has 0 unspecified atom stereocenters. The van der Waals surface area contributed by atoms with Crippen molar-refractivity contribution >= 4 is 28.8 Å². The maximum Gasteiger partial charge on any atom is 0.338 e. The quantitative estimate of drug-likeness (QED) is 0.686. The number of hydrogen-bond donors (Lipinski definition) is 1. The van der Waals surface area contributed by atoms with E-state index in [1.165, 1.54) is 37.6 Å². The zero-order chi connectivity index (χ0) is 19.2. The second kappa shape index (κ2) is 8.05. The number of ether oxygens (including phenoxy) is 2. The van der Waals surface area contributed by atoms with Gasteiger partial charge in [-0.1, -0.05) is 0 Å². The summed E-state index contributed by atoms with van der Waals surface area (Å²) >= 11 is 0. The molecule has 0 spiro atoms. The van der Waals surface area contributed by atoms with Crippen molar-refractivity contribution in [2.75, 3.05) is 13.7 Å². The van der Waals surface area contributed by atoms with E-state index in [9.17, 15) is 14.4 Å². The number of hydrogen-bond acceptors (Lipinski definition) is 7. The number of carbonyl (C=O) groups excluding carboxylic acids is 3. The van der Waals surface area contributed by atoms with Gasteiger partial charge in [-0.2, -0.15) is 0 Å². The van der Waals surface area contributed by atoms with Crippen molar-refractivity contribution in [3.63, 3.8) is 0 Å². The summed E-state index contributed by atoms with van der Waals surface area (Å²) in [6.07, 6.45) is 3.06. The molecule has 0 saturated carbocycles. The molecule has 3 aromatic rings. The summed E-state index contributed by atoms with van der Waals surface area (Å²) in [5, 5.41) is 2.15. The Bertz CT molecular complexity index is 1000. The topological polar surface area (TPSA) is 107 Å². The molecular formula is C19H15N3O5. The lowest BCUT2D eigenvalue weighted by atomic mass is 10.2. The predicted molar refractivity (Wildman–Crippen MR) is 95.3 cm³/mol. The Balaban J connectivity index is 1.55. The maximum atomic E-state index is 12.1.